The zero-order chi connectivity index (χ0) is 9.46. The van der Waals surface area contributed by atoms with Crippen molar-refractivity contribution in [3.05, 3.63) is 11.5 Å². The standard InChI is InChI=1S/C6H8F2N2O2/c1-9-4(7)3(6(11)12)5(8)10(9)2/h4H,1-2H3,(H,11,12). The summed E-state index contributed by atoms with van der Waals surface area (Å²) in [5.74, 6) is -2.63. The lowest BCUT2D eigenvalue weighted by molar-refractivity contribution is -0.134. The van der Waals surface area contributed by atoms with Crippen LogP contribution in [0.15, 0.2) is 11.5 Å². The van der Waals surface area contributed by atoms with Crippen molar-refractivity contribution in [2.75, 3.05) is 14.1 Å². The van der Waals surface area contributed by atoms with Crippen molar-refractivity contribution in [2.45, 2.75) is 6.30 Å². The maximum Gasteiger partial charge on any atom is 0.340 e. The average Bonchev–Trinajstić information content (AvgIpc) is 2.16. The van der Waals surface area contributed by atoms with Crippen LogP contribution in [0, 0.1) is 0 Å². The van der Waals surface area contributed by atoms with Gasteiger partial charge in [-0.05, 0) is 0 Å². The Balaban J connectivity index is 3.04. The summed E-state index contributed by atoms with van der Waals surface area (Å²) < 4.78 is 25.8. The van der Waals surface area contributed by atoms with Gasteiger partial charge in [-0.1, -0.05) is 0 Å². The molecule has 1 N–H and O–H groups in total. The summed E-state index contributed by atoms with van der Waals surface area (Å²) in [6.45, 7) is 0. The molecule has 4 nitrogen and oxygen atoms in total. The van der Waals surface area contributed by atoms with Crippen LogP contribution >= 0.6 is 0 Å². The van der Waals surface area contributed by atoms with Gasteiger partial charge in [0, 0.05) is 14.1 Å². The Bertz CT molecular complexity index is 254. The number of hydrazine groups is 1. The van der Waals surface area contributed by atoms with E-state index in [1.54, 1.807) is 0 Å². The molecule has 68 valence electrons. The van der Waals surface area contributed by atoms with Crippen LogP contribution in [0.4, 0.5) is 8.78 Å². The van der Waals surface area contributed by atoms with Crippen LogP contribution in [-0.4, -0.2) is 41.5 Å². The molecule has 1 unspecified atom stereocenters. The van der Waals surface area contributed by atoms with Gasteiger partial charge in [0.1, 0.15) is 5.57 Å². The number of aliphatic carboxylic acids is 1. The number of likely N-dealkylation sites (N-methyl/N-ethyl adjacent to an activating group) is 1. The Labute approximate surface area is 67.6 Å². The molecule has 0 bridgehead atoms. The van der Waals surface area contributed by atoms with E-state index in [4.69, 9.17) is 5.11 Å². The largest absolute Gasteiger partial charge is 0.478 e. The second-order valence-electron chi connectivity index (χ2n) is 2.44. The fourth-order valence-electron chi connectivity index (χ4n) is 0.940. The predicted octanol–water partition coefficient (Wildman–Crippen LogP) is 0.340. The number of halogens is 2. The molecular weight excluding hydrogens is 170 g/mol. The Morgan fingerprint density at radius 1 is 1.58 bits per heavy atom. The molecule has 0 fully saturated rings. The van der Waals surface area contributed by atoms with Crippen molar-refractivity contribution in [2.24, 2.45) is 0 Å². The van der Waals surface area contributed by atoms with E-state index in [1.807, 2.05) is 0 Å². The minimum Gasteiger partial charge on any atom is -0.478 e. The van der Waals surface area contributed by atoms with Crippen molar-refractivity contribution < 1.29 is 18.7 Å². The van der Waals surface area contributed by atoms with Crippen molar-refractivity contribution >= 4 is 5.97 Å². The number of carboxylic acid groups (broad SMARTS) is 1. The van der Waals surface area contributed by atoms with Gasteiger partial charge in [-0.25, -0.2) is 9.18 Å². The lowest BCUT2D eigenvalue weighted by atomic mass is 10.3. The number of hydrogen-bond acceptors (Lipinski definition) is 3. The second kappa shape index (κ2) is 2.71. The molecule has 0 aromatic rings. The Kier molecular flexibility index (Phi) is 2.01. The minimum absolute atomic E-state index is 0.814. The lowest BCUT2D eigenvalue weighted by Gasteiger charge is -2.21. The molecule has 0 aliphatic carbocycles. The Morgan fingerprint density at radius 2 is 2.08 bits per heavy atom. The first-order valence-corrected chi connectivity index (χ1v) is 3.20. The Hall–Kier alpha value is -1.17. The van der Waals surface area contributed by atoms with Crippen molar-refractivity contribution in [1.82, 2.24) is 10.0 Å². The molecule has 1 aliphatic heterocycles. The molecule has 1 heterocycles. The number of rotatable bonds is 1. The molecule has 0 saturated carbocycles. The molecule has 1 rings (SSSR count). The van der Waals surface area contributed by atoms with Crippen molar-refractivity contribution in [3.63, 3.8) is 0 Å². The van der Waals surface area contributed by atoms with Gasteiger partial charge in [0.15, 0.2) is 0 Å². The quantitative estimate of drug-likeness (QED) is 0.588. The number of nitrogens with zero attached hydrogens (tertiary/aromatic N) is 2. The summed E-state index contributed by atoms with van der Waals surface area (Å²) in [6, 6.07) is 0. The summed E-state index contributed by atoms with van der Waals surface area (Å²) in [7, 11) is 2.51. The van der Waals surface area contributed by atoms with Crippen LogP contribution in [0.2, 0.25) is 0 Å². The normalized spacial score (nSPS) is 25.3. The van der Waals surface area contributed by atoms with Gasteiger partial charge < -0.3 is 5.11 Å². The van der Waals surface area contributed by atoms with E-state index in [-0.39, 0.29) is 0 Å². The van der Waals surface area contributed by atoms with E-state index >= 15 is 0 Å². The Morgan fingerprint density at radius 3 is 2.25 bits per heavy atom. The fraction of sp³-hybridized carbons (Fsp3) is 0.500. The van der Waals surface area contributed by atoms with Crippen molar-refractivity contribution in [1.29, 1.82) is 0 Å². The SMILES string of the molecule is CN1C(F)=C(C(=O)O)C(F)N1C. The molecular formula is C6H8F2N2O2. The third-order valence-corrected chi connectivity index (χ3v) is 1.78. The van der Waals surface area contributed by atoms with Crippen LogP contribution in [0.25, 0.3) is 0 Å². The third-order valence-electron chi connectivity index (χ3n) is 1.78. The third kappa shape index (κ3) is 1.04. The lowest BCUT2D eigenvalue weighted by Crippen LogP contribution is -2.34. The van der Waals surface area contributed by atoms with Crippen LogP contribution in [-0.2, 0) is 4.79 Å². The topological polar surface area (TPSA) is 43.8 Å². The van der Waals surface area contributed by atoms with E-state index < -0.39 is 23.8 Å². The number of carboxylic acids is 1. The second-order valence-corrected chi connectivity index (χ2v) is 2.44. The van der Waals surface area contributed by atoms with Gasteiger partial charge in [0.2, 0.25) is 12.2 Å². The molecule has 0 saturated heterocycles. The monoisotopic (exact) mass is 178 g/mol. The predicted molar refractivity (Wildman–Crippen MR) is 36.2 cm³/mol. The highest BCUT2D eigenvalue weighted by Crippen LogP contribution is 2.28. The van der Waals surface area contributed by atoms with Crippen molar-refractivity contribution in [3.8, 4) is 0 Å². The van der Waals surface area contributed by atoms with E-state index in [9.17, 15) is 13.6 Å². The van der Waals surface area contributed by atoms with Gasteiger partial charge in [-0.3, -0.25) is 5.01 Å². The van der Waals surface area contributed by atoms with Gasteiger partial charge in [0.25, 0.3) is 0 Å². The van der Waals surface area contributed by atoms with Gasteiger partial charge in [0.05, 0.1) is 0 Å². The van der Waals surface area contributed by atoms with Gasteiger partial charge in [-0.2, -0.15) is 9.40 Å². The maximum atomic E-state index is 12.9. The molecule has 0 amide bonds. The summed E-state index contributed by atoms with van der Waals surface area (Å²) in [5, 5.41) is 10.1. The van der Waals surface area contributed by atoms with Gasteiger partial charge >= 0.3 is 5.97 Å². The van der Waals surface area contributed by atoms with Crippen LogP contribution in [0.5, 0.6) is 0 Å². The van der Waals surface area contributed by atoms with Crippen LogP contribution < -0.4 is 0 Å². The molecule has 0 spiro atoms. The van der Waals surface area contributed by atoms with Gasteiger partial charge in [-0.15, -0.1) is 0 Å². The van der Waals surface area contributed by atoms with E-state index in [0.717, 1.165) is 10.0 Å². The van der Waals surface area contributed by atoms with E-state index in [2.05, 4.69) is 0 Å². The number of hydrogen-bond donors (Lipinski definition) is 1. The molecule has 1 aliphatic rings. The summed E-state index contributed by atoms with van der Waals surface area (Å²) >= 11 is 0. The highest BCUT2D eigenvalue weighted by Gasteiger charge is 2.39. The zero-order valence-electron chi connectivity index (χ0n) is 6.58. The first kappa shape index (κ1) is 8.92. The minimum atomic E-state index is -1.91. The smallest absolute Gasteiger partial charge is 0.340 e. The molecule has 12 heavy (non-hydrogen) atoms. The maximum absolute atomic E-state index is 12.9. The molecule has 0 aromatic carbocycles. The summed E-state index contributed by atoms with van der Waals surface area (Å²) in [4.78, 5) is 10.3. The molecule has 6 heteroatoms. The number of alkyl halides is 1. The van der Waals surface area contributed by atoms with Crippen LogP contribution in [0.3, 0.4) is 0 Å². The summed E-state index contributed by atoms with van der Waals surface area (Å²) in [5.41, 5.74) is -0.847. The summed E-state index contributed by atoms with van der Waals surface area (Å²) in [6.07, 6.45) is -1.91. The first-order valence-electron chi connectivity index (χ1n) is 3.20. The highest BCUT2D eigenvalue weighted by molar-refractivity contribution is 5.88. The zero-order valence-corrected chi connectivity index (χ0v) is 6.58. The highest BCUT2D eigenvalue weighted by atomic mass is 19.1. The average molecular weight is 178 g/mol. The molecule has 0 aromatic heterocycles. The van der Waals surface area contributed by atoms with E-state index in [0.29, 0.717) is 0 Å². The van der Waals surface area contributed by atoms with Crippen LogP contribution in [0.1, 0.15) is 0 Å². The molecule has 0 radical (unpaired) electrons. The number of carbonyl (C=O) groups is 1. The molecule has 1 atom stereocenters. The van der Waals surface area contributed by atoms with E-state index in [1.165, 1.54) is 14.1 Å². The fourth-order valence-corrected chi connectivity index (χ4v) is 0.940. The first-order chi connectivity index (χ1) is 5.46.